The molecule has 7 heteroatoms. The Bertz CT molecular complexity index is 1120. The van der Waals surface area contributed by atoms with Crippen LogP contribution in [0.3, 0.4) is 0 Å². The summed E-state index contributed by atoms with van der Waals surface area (Å²) in [7, 11) is -3.44. The predicted molar refractivity (Wildman–Crippen MR) is 114 cm³/mol. The fraction of sp³-hybridized carbons (Fsp3) is 0.318. The number of hydrogen-bond donors (Lipinski definition) is 0. The third kappa shape index (κ3) is 4.29. The maximum absolute atomic E-state index is 13.3. The lowest BCUT2D eigenvalue weighted by atomic mass is 10.1. The van der Waals surface area contributed by atoms with Crippen molar-refractivity contribution >= 4 is 32.3 Å². The van der Waals surface area contributed by atoms with Crippen molar-refractivity contribution in [2.45, 2.75) is 29.4 Å². The Kier molecular flexibility index (Phi) is 5.86. The fourth-order valence-corrected chi connectivity index (χ4v) is 6.09. The van der Waals surface area contributed by atoms with Crippen LogP contribution in [0.25, 0.3) is 10.9 Å². The van der Waals surface area contributed by atoms with E-state index in [1.54, 1.807) is 24.4 Å². The molecule has 152 valence electrons. The number of fused-ring (bicyclic) bond motifs is 1. The number of aromatic nitrogens is 1. The van der Waals surface area contributed by atoms with Crippen LogP contribution in [0, 0.1) is 5.82 Å². The molecular weight excluding hydrogens is 411 g/mol. The molecule has 2 heterocycles. The van der Waals surface area contributed by atoms with Crippen LogP contribution < -0.4 is 0 Å². The summed E-state index contributed by atoms with van der Waals surface area (Å²) < 4.78 is 39.7. The van der Waals surface area contributed by atoms with Crippen molar-refractivity contribution in [3.63, 3.8) is 0 Å². The predicted octanol–water partition coefficient (Wildman–Crippen LogP) is 4.51. The van der Waals surface area contributed by atoms with E-state index in [0.29, 0.717) is 47.8 Å². The van der Waals surface area contributed by atoms with Crippen molar-refractivity contribution in [3.05, 3.63) is 71.1 Å². The van der Waals surface area contributed by atoms with Gasteiger partial charge in [-0.25, -0.2) is 12.8 Å². The Labute approximate surface area is 175 Å². The van der Waals surface area contributed by atoms with Gasteiger partial charge in [-0.2, -0.15) is 0 Å². The van der Waals surface area contributed by atoms with E-state index in [-0.39, 0.29) is 5.82 Å². The molecule has 0 saturated carbocycles. The quantitative estimate of drug-likeness (QED) is 0.595. The highest BCUT2D eigenvalue weighted by molar-refractivity contribution is 7.92. The van der Waals surface area contributed by atoms with Gasteiger partial charge in [0, 0.05) is 23.2 Å². The summed E-state index contributed by atoms with van der Waals surface area (Å²) in [4.78, 5) is 6.88. The standard InChI is InChI=1S/C22H22ClFN2O2S/c23-20-15-18(24)7-6-16(20)8-12-26-13-9-19(10-14-26)29(27,28)21-5-1-3-17-4-2-11-25-22(17)21/h1-7,11,15,19H,8-10,12-14H2. The van der Waals surface area contributed by atoms with E-state index >= 15 is 0 Å². The molecule has 29 heavy (non-hydrogen) atoms. The number of rotatable bonds is 5. The van der Waals surface area contributed by atoms with E-state index in [1.807, 2.05) is 18.2 Å². The highest BCUT2D eigenvalue weighted by Gasteiger charge is 2.32. The molecule has 1 aromatic heterocycles. The van der Waals surface area contributed by atoms with Gasteiger partial charge in [0.05, 0.1) is 15.7 Å². The molecular formula is C22H22ClFN2O2S. The molecule has 0 atom stereocenters. The first kappa shape index (κ1) is 20.3. The molecule has 0 unspecified atom stereocenters. The largest absolute Gasteiger partial charge is 0.303 e. The zero-order valence-electron chi connectivity index (χ0n) is 15.9. The second-order valence-corrected chi connectivity index (χ2v) is 10.0. The molecule has 0 spiro atoms. The van der Waals surface area contributed by atoms with Crippen molar-refractivity contribution in [2.24, 2.45) is 0 Å². The summed E-state index contributed by atoms with van der Waals surface area (Å²) in [5.74, 6) is -0.340. The highest BCUT2D eigenvalue weighted by atomic mass is 35.5. The number of halogens is 2. The summed E-state index contributed by atoms with van der Waals surface area (Å²) in [6, 6.07) is 13.5. The molecule has 3 aromatic rings. The van der Waals surface area contributed by atoms with Gasteiger partial charge >= 0.3 is 0 Å². The minimum Gasteiger partial charge on any atom is -0.303 e. The summed E-state index contributed by atoms with van der Waals surface area (Å²) in [6.45, 7) is 2.19. The topological polar surface area (TPSA) is 50.3 Å². The van der Waals surface area contributed by atoms with Crippen LogP contribution in [0.5, 0.6) is 0 Å². The van der Waals surface area contributed by atoms with Gasteiger partial charge in [0.25, 0.3) is 0 Å². The number of nitrogens with zero attached hydrogens (tertiary/aromatic N) is 2. The second-order valence-electron chi connectivity index (χ2n) is 7.40. The van der Waals surface area contributed by atoms with Gasteiger partial charge in [0.15, 0.2) is 9.84 Å². The highest BCUT2D eigenvalue weighted by Crippen LogP contribution is 2.29. The summed E-state index contributed by atoms with van der Waals surface area (Å²) in [5, 5.41) is 0.869. The number of hydrogen-bond acceptors (Lipinski definition) is 4. The van der Waals surface area contributed by atoms with Gasteiger partial charge in [-0.3, -0.25) is 4.98 Å². The lowest BCUT2D eigenvalue weighted by molar-refractivity contribution is 0.232. The van der Waals surface area contributed by atoms with E-state index in [4.69, 9.17) is 11.6 Å². The maximum Gasteiger partial charge on any atom is 0.183 e. The SMILES string of the molecule is O=S(=O)(c1cccc2cccnc12)C1CCN(CCc2ccc(F)cc2Cl)CC1. The zero-order valence-corrected chi connectivity index (χ0v) is 17.5. The van der Waals surface area contributed by atoms with Crippen LogP contribution in [0.2, 0.25) is 5.02 Å². The van der Waals surface area contributed by atoms with E-state index in [9.17, 15) is 12.8 Å². The van der Waals surface area contributed by atoms with Gasteiger partial charge in [0.2, 0.25) is 0 Å². The average molecular weight is 433 g/mol. The van der Waals surface area contributed by atoms with E-state index in [1.165, 1.54) is 12.1 Å². The molecule has 2 aromatic carbocycles. The molecule has 4 nitrogen and oxygen atoms in total. The van der Waals surface area contributed by atoms with Crippen LogP contribution in [-0.2, 0) is 16.3 Å². The molecule has 0 radical (unpaired) electrons. The first-order chi connectivity index (χ1) is 13.9. The summed E-state index contributed by atoms with van der Waals surface area (Å²) in [5.41, 5.74) is 1.45. The molecule has 0 N–H and O–H groups in total. The Morgan fingerprint density at radius 1 is 1.10 bits per heavy atom. The Balaban J connectivity index is 1.42. The lowest BCUT2D eigenvalue weighted by Gasteiger charge is -2.31. The van der Waals surface area contributed by atoms with Crippen LogP contribution in [-0.4, -0.2) is 43.2 Å². The Hall–Kier alpha value is -2.02. The molecule has 0 aliphatic carbocycles. The molecule has 1 aliphatic rings. The molecule has 1 aliphatic heterocycles. The third-order valence-electron chi connectivity index (χ3n) is 5.59. The van der Waals surface area contributed by atoms with Crippen molar-refractivity contribution in [1.82, 2.24) is 9.88 Å². The van der Waals surface area contributed by atoms with Crippen LogP contribution >= 0.6 is 11.6 Å². The normalized spacial score (nSPS) is 16.3. The molecule has 4 rings (SSSR count). The Morgan fingerprint density at radius 2 is 1.86 bits per heavy atom. The van der Waals surface area contributed by atoms with Crippen molar-refractivity contribution in [2.75, 3.05) is 19.6 Å². The van der Waals surface area contributed by atoms with Gasteiger partial charge in [0.1, 0.15) is 5.82 Å². The Morgan fingerprint density at radius 3 is 2.62 bits per heavy atom. The van der Waals surface area contributed by atoms with E-state index in [2.05, 4.69) is 9.88 Å². The van der Waals surface area contributed by atoms with Crippen LogP contribution in [0.1, 0.15) is 18.4 Å². The molecule has 1 fully saturated rings. The number of para-hydroxylation sites is 1. The van der Waals surface area contributed by atoms with E-state index < -0.39 is 15.1 Å². The van der Waals surface area contributed by atoms with Crippen LogP contribution in [0.4, 0.5) is 4.39 Å². The minimum atomic E-state index is -3.44. The molecule has 0 amide bonds. The number of pyridine rings is 1. The summed E-state index contributed by atoms with van der Waals surface area (Å²) >= 11 is 6.10. The van der Waals surface area contributed by atoms with Crippen LogP contribution in [0.15, 0.2) is 59.6 Å². The number of sulfone groups is 1. The second kappa shape index (κ2) is 8.38. The minimum absolute atomic E-state index is 0.326. The smallest absolute Gasteiger partial charge is 0.183 e. The van der Waals surface area contributed by atoms with Gasteiger partial charge < -0.3 is 4.90 Å². The number of likely N-dealkylation sites (tertiary alicyclic amines) is 1. The third-order valence-corrected chi connectivity index (χ3v) is 8.23. The average Bonchev–Trinajstić information content (AvgIpc) is 2.73. The first-order valence-electron chi connectivity index (χ1n) is 9.69. The fourth-order valence-electron chi connectivity index (χ4n) is 3.93. The van der Waals surface area contributed by atoms with Crippen molar-refractivity contribution in [3.8, 4) is 0 Å². The number of benzene rings is 2. The van der Waals surface area contributed by atoms with Gasteiger partial charge in [-0.1, -0.05) is 35.9 Å². The molecule has 1 saturated heterocycles. The monoisotopic (exact) mass is 432 g/mol. The maximum atomic E-state index is 13.3. The first-order valence-corrected chi connectivity index (χ1v) is 11.6. The number of piperidine rings is 1. The van der Waals surface area contributed by atoms with Crippen molar-refractivity contribution in [1.29, 1.82) is 0 Å². The van der Waals surface area contributed by atoms with E-state index in [0.717, 1.165) is 17.5 Å². The zero-order chi connectivity index (χ0) is 20.4. The molecule has 0 bridgehead atoms. The van der Waals surface area contributed by atoms with Crippen molar-refractivity contribution < 1.29 is 12.8 Å². The lowest BCUT2D eigenvalue weighted by Crippen LogP contribution is -2.40. The van der Waals surface area contributed by atoms with Gasteiger partial charge in [-0.05, 0) is 62.2 Å². The van der Waals surface area contributed by atoms with Gasteiger partial charge in [-0.15, -0.1) is 0 Å². The summed E-state index contributed by atoms with van der Waals surface area (Å²) in [6.07, 6.45) is 3.51.